The summed E-state index contributed by atoms with van der Waals surface area (Å²) in [6.07, 6.45) is 4.31. The molecule has 4 rings (SSSR count). The van der Waals surface area contributed by atoms with Gasteiger partial charge in [-0.05, 0) is 25.7 Å². The lowest BCUT2D eigenvalue weighted by molar-refractivity contribution is -0.123. The van der Waals surface area contributed by atoms with E-state index in [2.05, 4.69) is 27.7 Å². The molecule has 23 heavy (non-hydrogen) atoms. The third kappa shape index (κ3) is 3.39. The van der Waals surface area contributed by atoms with Crippen LogP contribution in [0.5, 0.6) is 0 Å². The van der Waals surface area contributed by atoms with Crippen molar-refractivity contribution in [1.82, 2.24) is 10.3 Å². The van der Waals surface area contributed by atoms with E-state index in [1.807, 2.05) is 18.2 Å². The zero-order chi connectivity index (χ0) is 15.6. The van der Waals surface area contributed by atoms with Gasteiger partial charge in [0.1, 0.15) is 0 Å². The number of hydrogen-bond donors (Lipinski definition) is 1. The molecule has 1 unspecified atom stereocenters. The molecule has 2 aromatic rings. The number of benzene rings is 1. The Morgan fingerprint density at radius 1 is 1.22 bits per heavy atom. The Hall–Kier alpha value is -1.88. The van der Waals surface area contributed by atoms with E-state index in [0.29, 0.717) is 0 Å². The Morgan fingerprint density at radius 3 is 2.83 bits per heavy atom. The molecule has 0 bridgehead atoms. The van der Waals surface area contributed by atoms with Crippen molar-refractivity contribution in [3.05, 3.63) is 35.7 Å². The number of rotatable bonds is 4. The maximum atomic E-state index is 12.0. The molecule has 1 atom stereocenters. The number of amides is 1. The van der Waals surface area contributed by atoms with Crippen LogP contribution in [0.3, 0.4) is 0 Å². The van der Waals surface area contributed by atoms with Gasteiger partial charge in [0, 0.05) is 36.0 Å². The summed E-state index contributed by atoms with van der Waals surface area (Å²) in [6, 6.07) is 10.5. The number of carbonyl (C=O) groups excluding carboxylic acids is 1. The van der Waals surface area contributed by atoms with Crippen LogP contribution in [0.1, 0.15) is 25.7 Å². The van der Waals surface area contributed by atoms with Crippen molar-refractivity contribution in [3.8, 4) is 11.3 Å². The van der Waals surface area contributed by atoms with Crippen LogP contribution in [0, 0.1) is 5.92 Å². The molecule has 0 radical (unpaired) electrons. The van der Waals surface area contributed by atoms with Gasteiger partial charge in [-0.1, -0.05) is 30.3 Å². The lowest BCUT2D eigenvalue weighted by Crippen LogP contribution is -2.48. The summed E-state index contributed by atoms with van der Waals surface area (Å²) in [6.45, 7) is 1.90. The van der Waals surface area contributed by atoms with Crippen molar-refractivity contribution in [2.45, 2.75) is 31.7 Å². The Kier molecular flexibility index (Phi) is 4.04. The highest BCUT2D eigenvalue weighted by molar-refractivity contribution is 7.14. The zero-order valence-electron chi connectivity index (χ0n) is 13.1. The molecule has 120 valence electrons. The fourth-order valence-electron chi connectivity index (χ4n) is 3.08. The number of hydrogen-bond acceptors (Lipinski definition) is 4. The maximum Gasteiger partial charge on any atom is 0.223 e. The molecular formula is C18H21N3OS. The molecule has 4 nitrogen and oxygen atoms in total. The Bertz CT molecular complexity index is 681. The van der Waals surface area contributed by atoms with E-state index in [9.17, 15) is 4.79 Å². The van der Waals surface area contributed by atoms with Crippen LogP contribution in [-0.4, -0.2) is 30.0 Å². The monoisotopic (exact) mass is 327 g/mol. The van der Waals surface area contributed by atoms with Gasteiger partial charge in [-0.3, -0.25) is 4.79 Å². The number of nitrogens with one attached hydrogen (secondary N) is 1. The van der Waals surface area contributed by atoms with Crippen molar-refractivity contribution in [3.63, 3.8) is 0 Å². The first-order valence-electron chi connectivity index (χ1n) is 8.36. The van der Waals surface area contributed by atoms with Crippen molar-refractivity contribution in [2.75, 3.05) is 18.0 Å². The van der Waals surface area contributed by atoms with E-state index in [4.69, 9.17) is 4.98 Å². The molecule has 1 saturated carbocycles. The summed E-state index contributed by atoms with van der Waals surface area (Å²) in [4.78, 5) is 19.1. The largest absolute Gasteiger partial charge is 0.351 e. The predicted octanol–water partition coefficient (Wildman–Crippen LogP) is 3.31. The lowest BCUT2D eigenvalue weighted by atomic mass is 10.1. The summed E-state index contributed by atoms with van der Waals surface area (Å²) in [7, 11) is 0. The minimum Gasteiger partial charge on any atom is -0.351 e. The molecule has 1 N–H and O–H groups in total. The third-order valence-corrected chi connectivity index (χ3v) is 5.45. The van der Waals surface area contributed by atoms with Crippen LogP contribution in [0.15, 0.2) is 35.7 Å². The quantitative estimate of drug-likeness (QED) is 0.937. The summed E-state index contributed by atoms with van der Waals surface area (Å²) in [5.41, 5.74) is 2.19. The topological polar surface area (TPSA) is 45.2 Å². The van der Waals surface area contributed by atoms with Gasteiger partial charge in [0.05, 0.1) is 5.69 Å². The first-order chi connectivity index (χ1) is 11.3. The van der Waals surface area contributed by atoms with Gasteiger partial charge in [-0.2, -0.15) is 0 Å². The summed E-state index contributed by atoms with van der Waals surface area (Å²) in [5.74, 6) is 0.538. The third-order valence-electron chi connectivity index (χ3n) is 4.55. The molecular weight excluding hydrogens is 306 g/mol. The van der Waals surface area contributed by atoms with Gasteiger partial charge in [0.25, 0.3) is 0 Å². The Morgan fingerprint density at radius 2 is 2.04 bits per heavy atom. The first kappa shape index (κ1) is 14.7. The molecule has 2 aliphatic rings. The van der Waals surface area contributed by atoms with Crippen molar-refractivity contribution in [2.24, 2.45) is 5.92 Å². The number of anilines is 1. The number of piperidine rings is 1. The van der Waals surface area contributed by atoms with E-state index in [1.165, 1.54) is 0 Å². The second-order valence-corrected chi connectivity index (χ2v) is 7.29. The van der Waals surface area contributed by atoms with Gasteiger partial charge in [-0.25, -0.2) is 4.98 Å². The van der Waals surface area contributed by atoms with Crippen molar-refractivity contribution >= 4 is 22.4 Å². The van der Waals surface area contributed by atoms with E-state index >= 15 is 0 Å². The smallest absolute Gasteiger partial charge is 0.223 e. The standard InChI is InChI=1S/C18H21N3OS/c22-17(14-8-9-14)19-15-7-4-10-21(11-15)18-20-16(12-23-18)13-5-2-1-3-6-13/h1-3,5-6,12,14-15H,4,7-11H2,(H,19,22). The van der Waals surface area contributed by atoms with Gasteiger partial charge in [-0.15, -0.1) is 11.3 Å². The van der Waals surface area contributed by atoms with E-state index in [-0.39, 0.29) is 17.9 Å². The summed E-state index contributed by atoms with van der Waals surface area (Å²) >= 11 is 1.69. The molecule has 5 heteroatoms. The molecule has 1 amide bonds. The van der Waals surface area contributed by atoms with Crippen LogP contribution in [0.25, 0.3) is 11.3 Å². The van der Waals surface area contributed by atoms with Crippen LogP contribution in [0.4, 0.5) is 5.13 Å². The average Bonchev–Trinajstić information content (AvgIpc) is 3.33. The number of carbonyl (C=O) groups is 1. The summed E-state index contributed by atoms with van der Waals surface area (Å²) in [5, 5.41) is 6.40. The molecule has 0 spiro atoms. The molecule has 1 aromatic carbocycles. The van der Waals surface area contributed by atoms with E-state index in [1.54, 1.807) is 11.3 Å². The highest BCUT2D eigenvalue weighted by Gasteiger charge is 2.32. The second kappa shape index (κ2) is 6.32. The fourth-order valence-corrected chi connectivity index (χ4v) is 3.96. The zero-order valence-corrected chi connectivity index (χ0v) is 13.9. The van der Waals surface area contributed by atoms with Crippen LogP contribution >= 0.6 is 11.3 Å². The van der Waals surface area contributed by atoms with Crippen LogP contribution in [-0.2, 0) is 4.79 Å². The minimum absolute atomic E-state index is 0.251. The van der Waals surface area contributed by atoms with Crippen molar-refractivity contribution in [1.29, 1.82) is 0 Å². The Balaban J connectivity index is 1.43. The normalized spacial score (nSPS) is 21.2. The molecule has 1 saturated heterocycles. The molecule has 1 aromatic heterocycles. The molecule has 2 fully saturated rings. The summed E-state index contributed by atoms with van der Waals surface area (Å²) < 4.78 is 0. The number of thiazole rings is 1. The predicted molar refractivity (Wildman–Crippen MR) is 93.7 cm³/mol. The van der Waals surface area contributed by atoms with Crippen LogP contribution in [0.2, 0.25) is 0 Å². The Labute approximate surface area is 140 Å². The second-order valence-electron chi connectivity index (χ2n) is 6.45. The van der Waals surface area contributed by atoms with Crippen molar-refractivity contribution < 1.29 is 4.79 Å². The molecule has 2 heterocycles. The number of aromatic nitrogens is 1. The number of nitrogens with zero attached hydrogens (tertiary/aromatic N) is 2. The van der Waals surface area contributed by atoms with Gasteiger partial charge in [0.15, 0.2) is 5.13 Å². The first-order valence-corrected chi connectivity index (χ1v) is 9.24. The van der Waals surface area contributed by atoms with E-state index < -0.39 is 0 Å². The van der Waals surface area contributed by atoms with E-state index in [0.717, 1.165) is 55.2 Å². The average molecular weight is 327 g/mol. The molecule has 1 aliphatic carbocycles. The van der Waals surface area contributed by atoms with Gasteiger partial charge >= 0.3 is 0 Å². The lowest BCUT2D eigenvalue weighted by Gasteiger charge is -2.33. The highest BCUT2D eigenvalue weighted by Crippen LogP contribution is 2.31. The minimum atomic E-state index is 0.251. The van der Waals surface area contributed by atoms with Gasteiger partial charge < -0.3 is 10.2 Å². The van der Waals surface area contributed by atoms with Gasteiger partial charge in [0.2, 0.25) is 5.91 Å². The van der Waals surface area contributed by atoms with Crippen LogP contribution < -0.4 is 10.2 Å². The highest BCUT2D eigenvalue weighted by atomic mass is 32.1. The maximum absolute atomic E-state index is 12.0. The fraction of sp³-hybridized carbons (Fsp3) is 0.444. The SMILES string of the molecule is O=C(NC1CCCN(c2nc(-c3ccccc3)cs2)C1)C1CC1. The molecule has 1 aliphatic heterocycles.